The zero-order valence-electron chi connectivity index (χ0n) is 13.4. The highest BCUT2D eigenvalue weighted by molar-refractivity contribution is 7.85. The van der Waals surface area contributed by atoms with Crippen LogP contribution in [-0.2, 0) is 15.6 Å². The second kappa shape index (κ2) is 7.25. The highest BCUT2D eigenvalue weighted by atomic mass is 32.2. The minimum atomic E-state index is -1.86. The number of carboxylic acid groups (broad SMARTS) is 2. The second-order valence-electron chi connectivity index (χ2n) is 5.26. The highest BCUT2D eigenvalue weighted by Gasteiger charge is 2.27. The van der Waals surface area contributed by atoms with Gasteiger partial charge in [-0.1, -0.05) is 18.2 Å². The summed E-state index contributed by atoms with van der Waals surface area (Å²) in [7, 11) is -1.86. The third kappa shape index (κ3) is 3.42. The monoisotopic (exact) mass is 358 g/mol. The van der Waals surface area contributed by atoms with Gasteiger partial charge in [0.05, 0.1) is 26.8 Å². The predicted octanol–water partition coefficient (Wildman–Crippen LogP) is 2.71. The molecule has 0 amide bonds. The van der Waals surface area contributed by atoms with Crippen molar-refractivity contribution in [2.75, 3.05) is 0 Å². The summed E-state index contributed by atoms with van der Waals surface area (Å²) in [5, 5.41) is 18.9. The van der Waals surface area contributed by atoms with Crippen LogP contribution in [0.4, 0.5) is 0 Å². The normalized spacial score (nSPS) is 11.4. The van der Waals surface area contributed by atoms with Crippen molar-refractivity contribution in [3.63, 3.8) is 0 Å². The fourth-order valence-corrected chi connectivity index (χ4v) is 4.01. The lowest BCUT2D eigenvalue weighted by Gasteiger charge is -2.15. The molecule has 0 spiro atoms. The molecule has 0 aliphatic carbocycles. The maximum Gasteiger partial charge on any atom is 0.337 e. The summed E-state index contributed by atoms with van der Waals surface area (Å²) in [6, 6.07) is 8.04. The number of aromatic carboxylic acids is 2. The van der Waals surface area contributed by atoms with Gasteiger partial charge in [-0.05, 0) is 37.1 Å². The molecule has 0 aliphatic rings. The molecular weight excluding hydrogens is 344 g/mol. The van der Waals surface area contributed by atoms with Crippen molar-refractivity contribution in [1.29, 1.82) is 0 Å². The van der Waals surface area contributed by atoms with E-state index < -0.39 is 28.3 Å². The number of carbonyl (C=O) groups excluding carboxylic acids is 1. The van der Waals surface area contributed by atoms with Crippen molar-refractivity contribution in [2.45, 2.75) is 23.6 Å². The first-order chi connectivity index (χ1) is 11.8. The fourth-order valence-electron chi connectivity index (χ4n) is 2.55. The Morgan fingerprint density at radius 2 is 1.60 bits per heavy atom. The molecule has 128 valence electrons. The summed E-state index contributed by atoms with van der Waals surface area (Å²) in [6.45, 7) is 3.19. The summed E-state index contributed by atoms with van der Waals surface area (Å²) in [6.07, 6.45) is 0.748. The Bertz CT molecular complexity index is 954. The van der Waals surface area contributed by atoms with Crippen LogP contribution in [0.5, 0.6) is 0 Å². The molecule has 1 unspecified atom stereocenters. The van der Waals surface area contributed by atoms with Gasteiger partial charge in [0.1, 0.15) is 5.94 Å². The maximum absolute atomic E-state index is 13.0. The zero-order chi connectivity index (χ0) is 18.7. The Morgan fingerprint density at radius 1 is 1.00 bits per heavy atom. The van der Waals surface area contributed by atoms with Crippen molar-refractivity contribution in [3.05, 3.63) is 58.1 Å². The summed E-state index contributed by atoms with van der Waals surface area (Å²) in [5.74, 6) is -1.43. The van der Waals surface area contributed by atoms with E-state index >= 15 is 0 Å². The van der Waals surface area contributed by atoms with Crippen LogP contribution in [0.25, 0.3) is 6.08 Å². The van der Waals surface area contributed by atoms with Gasteiger partial charge in [-0.3, -0.25) is 0 Å². The van der Waals surface area contributed by atoms with E-state index in [-0.39, 0.29) is 21.6 Å². The lowest BCUT2D eigenvalue weighted by molar-refractivity contribution is 0.0692. The standard InChI is InChI=1S/C18H14O6S/c1-10-5-3-4-6-13(10)25(24)14-9-11(2)15(17(20)21)12(7-8-19)16(14)18(22)23/h3-7,9H,1-2H3,(H,20,21)(H,22,23). The van der Waals surface area contributed by atoms with E-state index in [1.165, 1.54) is 18.9 Å². The molecule has 6 nitrogen and oxygen atoms in total. The number of aryl methyl sites for hydroxylation is 2. The number of hydrogen-bond donors (Lipinski definition) is 2. The fraction of sp³-hybridized carbons (Fsp3) is 0.111. The average molecular weight is 358 g/mol. The van der Waals surface area contributed by atoms with E-state index in [4.69, 9.17) is 0 Å². The highest BCUT2D eigenvalue weighted by Crippen LogP contribution is 2.30. The third-order valence-electron chi connectivity index (χ3n) is 3.65. The lowest BCUT2D eigenvalue weighted by atomic mass is 9.96. The molecule has 0 saturated heterocycles. The topological polar surface area (TPSA) is 109 Å². The van der Waals surface area contributed by atoms with Gasteiger partial charge in [0.2, 0.25) is 0 Å². The first-order valence-corrected chi connectivity index (χ1v) is 8.27. The van der Waals surface area contributed by atoms with E-state index in [1.54, 1.807) is 31.2 Å². The first-order valence-electron chi connectivity index (χ1n) is 7.12. The van der Waals surface area contributed by atoms with E-state index in [9.17, 15) is 28.8 Å². The molecule has 0 radical (unpaired) electrons. The van der Waals surface area contributed by atoms with Gasteiger partial charge in [0.15, 0.2) is 0 Å². The smallest absolute Gasteiger partial charge is 0.337 e. The Labute approximate surface area is 145 Å². The molecule has 0 aliphatic heterocycles. The lowest BCUT2D eigenvalue weighted by Crippen LogP contribution is -2.14. The molecule has 2 aromatic rings. The molecule has 1 atom stereocenters. The van der Waals surface area contributed by atoms with E-state index in [2.05, 4.69) is 0 Å². The number of hydrogen-bond acceptors (Lipinski definition) is 4. The molecule has 0 fully saturated rings. The molecular formula is C18H14O6S. The van der Waals surface area contributed by atoms with Gasteiger partial charge in [-0.15, -0.1) is 0 Å². The van der Waals surface area contributed by atoms with Crippen LogP contribution in [0.2, 0.25) is 0 Å². The maximum atomic E-state index is 13.0. The molecule has 2 rings (SSSR count). The van der Waals surface area contributed by atoms with Crippen LogP contribution in [0.1, 0.15) is 37.4 Å². The Kier molecular flexibility index (Phi) is 5.32. The zero-order valence-corrected chi connectivity index (χ0v) is 14.2. The molecule has 25 heavy (non-hydrogen) atoms. The van der Waals surface area contributed by atoms with Gasteiger partial charge in [-0.25, -0.2) is 18.6 Å². The van der Waals surface area contributed by atoms with E-state index in [1.807, 2.05) is 0 Å². The van der Waals surface area contributed by atoms with Crippen LogP contribution in [-0.4, -0.2) is 32.3 Å². The van der Waals surface area contributed by atoms with Gasteiger partial charge in [0.25, 0.3) is 0 Å². The van der Waals surface area contributed by atoms with Crippen LogP contribution in [0, 0.1) is 13.8 Å². The van der Waals surface area contributed by atoms with Crippen LogP contribution >= 0.6 is 0 Å². The molecule has 0 aromatic heterocycles. The Morgan fingerprint density at radius 3 is 2.12 bits per heavy atom. The van der Waals surface area contributed by atoms with Crippen molar-refractivity contribution >= 4 is 34.8 Å². The minimum absolute atomic E-state index is 0.0641. The van der Waals surface area contributed by atoms with Crippen LogP contribution in [0.3, 0.4) is 0 Å². The average Bonchev–Trinajstić information content (AvgIpc) is 2.53. The molecule has 0 saturated carbocycles. The molecule has 0 bridgehead atoms. The third-order valence-corrected chi connectivity index (χ3v) is 5.23. The van der Waals surface area contributed by atoms with Crippen molar-refractivity contribution in [2.24, 2.45) is 0 Å². The summed E-state index contributed by atoms with van der Waals surface area (Å²) in [5.41, 5.74) is -0.216. The van der Waals surface area contributed by atoms with Crippen molar-refractivity contribution < 1.29 is 28.8 Å². The second-order valence-corrected chi connectivity index (χ2v) is 6.68. The number of carboxylic acids is 2. The van der Waals surface area contributed by atoms with Gasteiger partial charge >= 0.3 is 11.9 Å². The largest absolute Gasteiger partial charge is 0.478 e. The first kappa shape index (κ1) is 18.3. The van der Waals surface area contributed by atoms with E-state index in [0.717, 1.165) is 6.08 Å². The molecule has 7 heteroatoms. The number of rotatable bonds is 5. The Balaban J connectivity index is 2.90. The van der Waals surface area contributed by atoms with Gasteiger partial charge in [-0.2, -0.15) is 0 Å². The van der Waals surface area contributed by atoms with Gasteiger partial charge in [0, 0.05) is 16.5 Å². The minimum Gasteiger partial charge on any atom is -0.478 e. The van der Waals surface area contributed by atoms with Gasteiger partial charge < -0.3 is 10.2 Å². The molecule has 2 N–H and O–H groups in total. The number of benzene rings is 2. The summed E-state index contributed by atoms with van der Waals surface area (Å²) < 4.78 is 13.0. The molecule has 2 aromatic carbocycles. The molecule has 0 heterocycles. The summed E-state index contributed by atoms with van der Waals surface area (Å²) in [4.78, 5) is 34.4. The van der Waals surface area contributed by atoms with Crippen LogP contribution < -0.4 is 0 Å². The SMILES string of the molecule is Cc1ccccc1S(=O)c1cc(C)c(C(=O)O)c(C=C=O)c1C(=O)O. The van der Waals surface area contributed by atoms with Crippen molar-refractivity contribution in [1.82, 2.24) is 0 Å². The Hall–Kier alpha value is -3.02. The number of carbonyl (C=O) groups is 2. The quantitative estimate of drug-likeness (QED) is 0.796. The summed E-state index contributed by atoms with van der Waals surface area (Å²) >= 11 is 0. The van der Waals surface area contributed by atoms with Crippen molar-refractivity contribution in [3.8, 4) is 0 Å². The van der Waals surface area contributed by atoms with Crippen LogP contribution in [0.15, 0.2) is 40.1 Å². The predicted molar refractivity (Wildman–Crippen MR) is 91.1 cm³/mol. The van der Waals surface area contributed by atoms with E-state index in [0.29, 0.717) is 10.5 Å².